The maximum atomic E-state index is 14.6. The third-order valence-electron chi connectivity index (χ3n) is 13.8. The molecule has 0 amide bonds. The van der Waals surface area contributed by atoms with Crippen LogP contribution in [0.25, 0.3) is 0 Å². The molecule has 95 heavy (non-hydrogen) atoms. The van der Waals surface area contributed by atoms with Crippen molar-refractivity contribution in [2.24, 2.45) is 0 Å². The molecule has 0 spiro atoms. The largest absolute Gasteiger partial charge is 0.385 e. The third-order valence-corrected chi connectivity index (χ3v) is 13.8. The van der Waals surface area contributed by atoms with Gasteiger partial charge in [-0.25, -0.2) is 0 Å². The molecule has 0 fully saturated rings. The summed E-state index contributed by atoms with van der Waals surface area (Å²) in [4.78, 5) is 1.35. The molecule has 0 N–H and O–H groups in total. The Morgan fingerprint density at radius 1 is 0.232 bits per heavy atom. The Hall–Kier alpha value is -3.04. The van der Waals surface area contributed by atoms with E-state index < -0.39 is 203 Å². The summed E-state index contributed by atoms with van der Waals surface area (Å²) in [5, 5.41) is 0. The van der Waals surface area contributed by atoms with Gasteiger partial charge in [-0.05, 0) is 59.2 Å². The maximum absolute atomic E-state index is 14.6. The van der Waals surface area contributed by atoms with E-state index in [1.807, 2.05) is 0 Å². The van der Waals surface area contributed by atoms with E-state index >= 15 is 0 Å². The van der Waals surface area contributed by atoms with Crippen molar-refractivity contribution >= 4 is 0 Å². The summed E-state index contributed by atoms with van der Waals surface area (Å²) >= 11 is 0. The fourth-order valence-corrected chi connectivity index (χ4v) is 7.63. The van der Waals surface area contributed by atoms with E-state index in [1.165, 1.54) is 19.0 Å². The Labute approximate surface area is 512 Å². The molecule has 0 aromatic heterocycles. The van der Waals surface area contributed by atoms with Crippen molar-refractivity contribution in [2.75, 3.05) is 80.1 Å². The molecule has 0 aromatic rings. The lowest BCUT2D eigenvalue weighted by atomic mass is 9.85. The van der Waals surface area contributed by atoms with Crippen LogP contribution in [0.1, 0.15) is 104 Å². The van der Waals surface area contributed by atoms with Gasteiger partial charge in [-0.2, -0.15) is 176 Å². The molecule has 0 heterocycles. The van der Waals surface area contributed by atoms with Gasteiger partial charge in [-0.15, -0.1) is 0 Å². The Morgan fingerprint density at radius 3 is 0.674 bits per heavy atom. The predicted molar refractivity (Wildman–Crippen MR) is 246 cm³/mol. The van der Waals surface area contributed by atoms with Gasteiger partial charge in [0.2, 0.25) is 0 Å². The molecule has 572 valence electrons. The first kappa shape index (κ1) is 92.0. The Morgan fingerprint density at radius 2 is 0.442 bits per heavy atom. The molecular formula is C49H61F40NO5. The normalized spacial score (nSPS) is 16.0. The van der Waals surface area contributed by atoms with Crippen LogP contribution in [-0.2, 0) is 23.7 Å². The summed E-state index contributed by atoms with van der Waals surface area (Å²) in [6.07, 6.45) is -3.84. The molecule has 0 aliphatic heterocycles. The zero-order valence-electron chi connectivity index (χ0n) is 49.2. The number of hydrogen-bond donors (Lipinski definition) is 0. The van der Waals surface area contributed by atoms with Gasteiger partial charge in [0.25, 0.3) is 0 Å². The molecule has 0 rings (SSSR count). The van der Waals surface area contributed by atoms with Crippen molar-refractivity contribution in [2.45, 2.75) is 228 Å². The van der Waals surface area contributed by atoms with E-state index in [9.17, 15) is 176 Å². The minimum Gasteiger partial charge on any atom is -0.378 e. The molecule has 0 saturated heterocycles. The second kappa shape index (κ2) is 31.9. The third kappa shape index (κ3) is 17.5. The summed E-state index contributed by atoms with van der Waals surface area (Å²) in [7, 11) is 2.70. The average molecular weight is 1500 g/mol. The molecule has 0 aliphatic rings. The van der Waals surface area contributed by atoms with Crippen molar-refractivity contribution in [3.63, 3.8) is 0 Å². The number of rotatable bonds is 50. The van der Waals surface area contributed by atoms with Crippen molar-refractivity contribution in [1.82, 2.24) is 4.90 Å². The molecule has 1 atom stereocenters. The quantitative estimate of drug-likeness (QED) is 0.0447. The van der Waals surface area contributed by atoms with Crippen molar-refractivity contribution < 1.29 is 199 Å². The zero-order valence-corrected chi connectivity index (χ0v) is 49.2. The SMILES string of the molecule is CCCCCCCOCC(F)(F)C(F)(F)C(F)(F)C(F)(F)C(F)(F)C(F)(F)C(F)(F)C(F)(F)C(F)(F)C(F)(F)COCCCC(CCOCC(F)(F)C(F)(F)C(F)(F)C(F)(F)C(F)(F)C(F)(F)C(F)(F)C(F)(F)C(F)(F)C(F)(F)COCCCCCCC)OCCCN(C)C. The van der Waals surface area contributed by atoms with Crippen LogP contribution in [0.4, 0.5) is 176 Å². The lowest BCUT2D eigenvalue weighted by Crippen LogP contribution is -2.77. The summed E-state index contributed by atoms with van der Waals surface area (Å²) < 4.78 is 598. The van der Waals surface area contributed by atoms with Crippen LogP contribution in [0.3, 0.4) is 0 Å². The van der Waals surface area contributed by atoms with Gasteiger partial charge in [0, 0.05) is 33.0 Å². The van der Waals surface area contributed by atoms with Crippen molar-refractivity contribution in [3.05, 3.63) is 0 Å². The van der Waals surface area contributed by atoms with E-state index in [4.69, 9.17) is 4.74 Å². The molecular weight excluding hydrogens is 1440 g/mol. The molecule has 1 unspecified atom stereocenters. The Kier molecular flexibility index (Phi) is 30.9. The van der Waals surface area contributed by atoms with Gasteiger partial charge < -0.3 is 28.6 Å². The van der Waals surface area contributed by atoms with Crippen LogP contribution < -0.4 is 0 Å². The van der Waals surface area contributed by atoms with Crippen LogP contribution in [0.2, 0.25) is 0 Å². The van der Waals surface area contributed by atoms with Gasteiger partial charge in [-0.1, -0.05) is 65.2 Å². The highest BCUT2D eigenvalue weighted by Gasteiger charge is 2.99. The first-order valence-electron chi connectivity index (χ1n) is 27.2. The second-order valence-corrected chi connectivity index (χ2v) is 21.6. The summed E-state index contributed by atoms with van der Waals surface area (Å²) in [5.74, 6) is -171. The van der Waals surface area contributed by atoms with E-state index in [0.717, 1.165) is 0 Å². The molecule has 0 bridgehead atoms. The number of halogens is 40. The van der Waals surface area contributed by atoms with Crippen LogP contribution in [0.15, 0.2) is 0 Å². The second-order valence-electron chi connectivity index (χ2n) is 21.6. The van der Waals surface area contributed by atoms with Gasteiger partial charge in [0.1, 0.15) is 26.4 Å². The first-order chi connectivity index (χ1) is 42.1. The lowest BCUT2D eigenvalue weighted by Gasteiger charge is -2.45. The Balaban J connectivity index is 6.55. The Bertz CT molecular complexity index is 2300. The number of hydrogen-bond acceptors (Lipinski definition) is 6. The monoisotopic (exact) mass is 1500 g/mol. The topological polar surface area (TPSA) is 49.4 Å². The lowest BCUT2D eigenvalue weighted by molar-refractivity contribution is -0.470. The van der Waals surface area contributed by atoms with Crippen LogP contribution in [0.5, 0.6) is 0 Å². The minimum atomic E-state index is -9.40. The van der Waals surface area contributed by atoms with E-state index in [1.54, 1.807) is 13.8 Å². The summed E-state index contributed by atoms with van der Waals surface area (Å²) in [6.45, 7) is -16.6. The van der Waals surface area contributed by atoms with Gasteiger partial charge >= 0.3 is 118 Å². The summed E-state index contributed by atoms with van der Waals surface area (Å²) in [6, 6.07) is 0. The predicted octanol–water partition coefficient (Wildman–Crippen LogP) is 19.2. The molecule has 6 nitrogen and oxygen atoms in total. The van der Waals surface area contributed by atoms with E-state index in [0.29, 0.717) is 25.7 Å². The fourth-order valence-electron chi connectivity index (χ4n) is 7.63. The van der Waals surface area contributed by atoms with Gasteiger partial charge in [-0.3, -0.25) is 0 Å². The number of unbranched alkanes of at least 4 members (excludes halogenated alkanes) is 8. The smallest absolute Gasteiger partial charge is 0.378 e. The minimum absolute atomic E-state index is 0.0235. The molecule has 46 heteroatoms. The standard InChI is InChI=1S/C49H61F40NO5/c1-5-7-9-11-13-20-91-25-30(50,51)34(58,59)38(66,67)42(74,75)46(82,83)48(86,87)44(78,79)40(70,71)36(62,63)32(54,55)27-93-22-15-17-29(95-23-16-19-90(3)4)18-24-94-28-33(56,57)37(64,65)41(72,73)45(80,81)49(88,89)47(84,85)43(76,77)39(68,69)35(60,61)31(52,53)26-92-21-14-12-10-8-6-2/h29H,5-28H2,1-4H3. The average Bonchev–Trinajstić information content (AvgIpc) is 0.696. The molecule has 0 radical (unpaired) electrons. The maximum Gasteiger partial charge on any atom is 0.385 e. The molecule has 0 saturated carbocycles. The van der Waals surface area contributed by atoms with E-state index in [-0.39, 0.29) is 51.5 Å². The van der Waals surface area contributed by atoms with Gasteiger partial charge in [0.05, 0.1) is 6.10 Å². The highest BCUT2D eigenvalue weighted by atomic mass is 19.4. The van der Waals surface area contributed by atoms with Crippen molar-refractivity contribution in [3.8, 4) is 0 Å². The van der Waals surface area contributed by atoms with Crippen LogP contribution in [-0.4, -0.2) is 210 Å². The highest BCUT2D eigenvalue weighted by molar-refractivity contribution is 5.20. The van der Waals surface area contributed by atoms with Gasteiger partial charge in [0.15, 0.2) is 0 Å². The number of alkyl halides is 40. The fraction of sp³-hybridized carbons (Fsp3) is 1.00. The molecule has 0 aromatic carbocycles. The van der Waals surface area contributed by atoms with Crippen LogP contribution >= 0.6 is 0 Å². The summed E-state index contributed by atoms with van der Waals surface area (Å²) in [5.41, 5.74) is 0. The number of nitrogens with zero attached hydrogens (tertiary/aromatic N) is 1. The first-order valence-corrected chi connectivity index (χ1v) is 27.2. The number of ether oxygens (including phenoxy) is 5. The van der Waals surface area contributed by atoms with E-state index in [2.05, 4.69) is 18.9 Å². The molecule has 0 aliphatic carbocycles. The van der Waals surface area contributed by atoms with Crippen molar-refractivity contribution in [1.29, 1.82) is 0 Å². The van der Waals surface area contributed by atoms with Crippen LogP contribution in [0, 0.1) is 0 Å². The zero-order chi connectivity index (χ0) is 75.7. The highest BCUT2D eigenvalue weighted by Crippen LogP contribution is 2.69.